The number of nitrogens with two attached hydrogens (primary N) is 1. The lowest BCUT2D eigenvalue weighted by Crippen LogP contribution is -2.57. The van der Waals surface area contributed by atoms with Crippen molar-refractivity contribution in [2.45, 2.75) is 62.7 Å². The summed E-state index contributed by atoms with van der Waals surface area (Å²) in [6.07, 6.45) is -4.16. The van der Waals surface area contributed by atoms with E-state index in [0.717, 1.165) is 0 Å². The van der Waals surface area contributed by atoms with Crippen molar-refractivity contribution in [3.63, 3.8) is 0 Å². The van der Waals surface area contributed by atoms with Gasteiger partial charge in [-0.25, -0.2) is 4.79 Å². The molecular formula is C18H26N4O13. The molecule has 0 heterocycles. The SMILES string of the molecule is N[C@@H](CCC(=O)O)C(=O)N[C@@H](CC(=O)O)C(=O)N[C@@H](CC(=O)O)C(=O)N[C@@H](CCC(=O)O)C(=O)O. The van der Waals surface area contributed by atoms with Crippen LogP contribution in [-0.4, -0.2) is 97.3 Å². The molecule has 35 heavy (non-hydrogen) atoms. The molecule has 196 valence electrons. The predicted molar refractivity (Wildman–Crippen MR) is 110 cm³/mol. The topological polar surface area (TPSA) is 300 Å². The molecule has 3 amide bonds. The molecular weight excluding hydrogens is 480 g/mol. The van der Waals surface area contributed by atoms with Crippen molar-refractivity contribution in [2.75, 3.05) is 0 Å². The Labute approximate surface area is 196 Å². The maximum atomic E-state index is 12.5. The van der Waals surface area contributed by atoms with E-state index in [1.165, 1.54) is 0 Å². The van der Waals surface area contributed by atoms with Gasteiger partial charge in [-0.15, -0.1) is 0 Å². The molecule has 10 N–H and O–H groups in total. The number of rotatable bonds is 17. The minimum Gasteiger partial charge on any atom is -0.481 e. The van der Waals surface area contributed by atoms with Crippen molar-refractivity contribution in [1.82, 2.24) is 16.0 Å². The number of amides is 3. The largest absolute Gasteiger partial charge is 0.481 e. The van der Waals surface area contributed by atoms with E-state index >= 15 is 0 Å². The van der Waals surface area contributed by atoms with Crippen LogP contribution >= 0.6 is 0 Å². The Hall–Kier alpha value is -4.28. The number of nitrogens with one attached hydrogen (secondary N) is 3. The molecule has 0 fully saturated rings. The van der Waals surface area contributed by atoms with Gasteiger partial charge in [0.1, 0.15) is 18.1 Å². The first-order valence-electron chi connectivity index (χ1n) is 9.90. The van der Waals surface area contributed by atoms with Gasteiger partial charge >= 0.3 is 29.8 Å². The number of carboxylic acids is 5. The summed E-state index contributed by atoms with van der Waals surface area (Å²) in [5, 5.41) is 50.2. The monoisotopic (exact) mass is 506 g/mol. The molecule has 0 aromatic carbocycles. The molecule has 0 aliphatic heterocycles. The van der Waals surface area contributed by atoms with Crippen LogP contribution in [0.5, 0.6) is 0 Å². The quantitative estimate of drug-likeness (QED) is 0.0926. The standard InChI is InChI=1S/C18H26N4O13/c19-7(1-3-11(23)24)15(31)21-9(5-13(27)28)17(33)22-10(6-14(29)30)16(32)20-8(18(34)35)2-4-12(25)26/h7-10H,1-6,19H2,(H,20,32)(H,21,31)(H,22,33)(H,23,24)(H,25,26)(H,27,28)(H,29,30)(H,34,35)/t7-,8-,9-,10-/m0/s1. The summed E-state index contributed by atoms with van der Waals surface area (Å²) in [6, 6.07) is -6.96. The molecule has 0 aromatic rings. The molecule has 0 saturated carbocycles. The number of hydrogen-bond donors (Lipinski definition) is 9. The third-order valence-corrected chi connectivity index (χ3v) is 4.29. The fourth-order valence-electron chi connectivity index (χ4n) is 2.53. The number of carbonyl (C=O) groups excluding carboxylic acids is 3. The maximum absolute atomic E-state index is 12.5. The van der Waals surface area contributed by atoms with Crippen LogP contribution in [0.4, 0.5) is 0 Å². The van der Waals surface area contributed by atoms with E-state index in [-0.39, 0.29) is 6.42 Å². The van der Waals surface area contributed by atoms with Gasteiger partial charge < -0.3 is 47.2 Å². The molecule has 0 aliphatic carbocycles. The van der Waals surface area contributed by atoms with Crippen molar-refractivity contribution in [1.29, 1.82) is 0 Å². The third kappa shape index (κ3) is 13.1. The molecule has 17 nitrogen and oxygen atoms in total. The lowest BCUT2D eigenvalue weighted by atomic mass is 10.1. The van der Waals surface area contributed by atoms with E-state index in [1.54, 1.807) is 0 Å². The highest BCUT2D eigenvalue weighted by molar-refractivity contribution is 5.97. The molecule has 4 atom stereocenters. The first-order valence-corrected chi connectivity index (χ1v) is 9.90. The Morgan fingerprint density at radius 1 is 0.543 bits per heavy atom. The van der Waals surface area contributed by atoms with Crippen molar-refractivity contribution in [2.24, 2.45) is 5.73 Å². The summed E-state index contributed by atoms with van der Waals surface area (Å²) in [5.41, 5.74) is 5.50. The van der Waals surface area contributed by atoms with Crippen LogP contribution < -0.4 is 21.7 Å². The van der Waals surface area contributed by atoms with Crippen LogP contribution in [0.15, 0.2) is 0 Å². The van der Waals surface area contributed by atoms with Crippen molar-refractivity contribution >= 4 is 47.6 Å². The smallest absolute Gasteiger partial charge is 0.326 e. The van der Waals surface area contributed by atoms with E-state index in [4.69, 9.17) is 31.3 Å². The molecule has 0 spiro atoms. The first kappa shape index (κ1) is 30.7. The van der Waals surface area contributed by atoms with Crippen LogP contribution in [0.1, 0.15) is 38.5 Å². The molecule has 17 heteroatoms. The number of hydrogen-bond acceptors (Lipinski definition) is 9. The average Bonchev–Trinajstić information content (AvgIpc) is 2.72. The van der Waals surface area contributed by atoms with Gasteiger partial charge in [0.25, 0.3) is 0 Å². The van der Waals surface area contributed by atoms with Crippen LogP contribution in [0.2, 0.25) is 0 Å². The van der Waals surface area contributed by atoms with Crippen LogP contribution in [0.25, 0.3) is 0 Å². The summed E-state index contributed by atoms with van der Waals surface area (Å²) in [7, 11) is 0. The highest BCUT2D eigenvalue weighted by Gasteiger charge is 2.32. The van der Waals surface area contributed by atoms with Crippen LogP contribution in [-0.2, 0) is 38.4 Å². The summed E-state index contributed by atoms with van der Waals surface area (Å²) >= 11 is 0. The van der Waals surface area contributed by atoms with Gasteiger partial charge in [0, 0.05) is 12.8 Å². The highest BCUT2D eigenvalue weighted by atomic mass is 16.4. The second kappa shape index (κ2) is 14.8. The Kier molecular flexibility index (Phi) is 13.0. The van der Waals surface area contributed by atoms with Crippen molar-refractivity contribution in [3.8, 4) is 0 Å². The fraction of sp³-hybridized carbons (Fsp3) is 0.556. The van der Waals surface area contributed by atoms with Gasteiger partial charge in [0.2, 0.25) is 17.7 Å². The zero-order chi connectivity index (χ0) is 27.3. The van der Waals surface area contributed by atoms with Gasteiger partial charge in [-0.3, -0.25) is 33.6 Å². The van der Waals surface area contributed by atoms with Crippen LogP contribution in [0, 0.1) is 0 Å². The molecule has 0 aliphatic rings. The van der Waals surface area contributed by atoms with E-state index < -0.39 is 104 Å². The summed E-state index contributed by atoms with van der Waals surface area (Å²) in [6.45, 7) is 0. The normalized spacial score (nSPS) is 13.9. The molecule has 0 saturated heterocycles. The summed E-state index contributed by atoms with van der Waals surface area (Å²) < 4.78 is 0. The average molecular weight is 506 g/mol. The Morgan fingerprint density at radius 3 is 1.29 bits per heavy atom. The fourth-order valence-corrected chi connectivity index (χ4v) is 2.53. The van der Waals surface area contributed by atoms with E-state index in [2.05, 4.69) is 0 Å². The minimum absolute atomic E-state index is 0.348. The summed E-state index contributed by atoms with van der Waals surface area (Å²) in [4.78, 5) is 91.8. The van der Waals surface area contributed by atoms with E-state index in [9.17, 15) is 38.4 Å². The van der Waals surface area contributed by atoms with E-state index in [1.807, 2.05) is 16.0 Å². The first-order chi connectivity index (χ1) is 16.1. The highest BCUT2D eigenvalue weighted by Crippen LogP contribution is 2.04. The second-order valence-corrected chi connectivity index (χ2v) is 7.19. The Balaban J connectivity index is 5.53. The lowest BCUT2D eigenvalue weighted by Gasteiger charge is -2.23. The maximum Gasteiger partial charge on any atom is 0.326 e. The third-order valence-electron chi connectivity index (χ3n) is 4.29. The van der Waals surface area contributed by atoms with Crippen LogP contribution in [0.3, 0.4) is 0 Å². The number of aliphatic carboxylic acids is 5. The second-order valence-electron chi connectivity index (χ2n) is 7.19. The van der Waals surface area contributed by atoms with Gasteiger partial charge in [-0.2, -0.15) is 0 Å². The Bertz CT molecular complexity index is 859. The zero-order valence-electron chi connectivity index (χ0n) is 18.1. The Morgan fingerprint density at radius 2 is 0.914 bits per heavy atom. The predicted octanol–water partition coefficient (Wildman–Crippen LogP) is -3.47. The van der Waals surface area contributed by atoms with Gasteiger partial charge in [-0.05, 0) is 12.8 Å². The van der Waals surface area contributed by atoms with Crippen molar-refractivity contribution in [3.05, 3.63) is 0 Å². The molecule has 0 aromatic heterocycles. The zero-order valence-corrected chi connectivity index (χ0v) is 18.1. The molecule has 0 radical (unpaired) electrons. The molecule has 0 unspecified atom stereocenters. The van der Waals surface area contributed by atoms with Crippen molar-refractivity contribution < 1.29 is 63.9 Å². The lowest BCUT2D eigenvalue weighted by molar-refractivity contribution is -0.145. The van der Waals surface area contributed by atoms with Gasteiger partial charge in [0.15, 0.2) is 0 Å². The number of carboxylic acid groups (broad SMARTS) is 5. The molecule has 0 bridgehead atoms. The number of carbonyl (C=O) groups is 8. The molecule has 0 rings (SSSR count). The minimum atomic E-state index is -1.93. The van der Waals surface area contributed by atoms with E-state index in [0.29, 0.717) is 0 Å². The van der Waals surface area contributed by atoms with Gasteiger partial charge in [-0.1, -0.05) is 0 Å². The van der Waals surface area contributed by atoms with Gasteiger partial charge in [0.05, 0.1) is 18.9 Å². The summed E-state index contributed by atoms with van der Waals surface area (Å²) in [5.74, 6) is -11.2.